The van der Waals surface area contributed by atoms with Crippen molar-refractivity contribution in [2.24, 2.45) is 0 Å². The summed E-state index contributed by atoms with van der Waals surface area (Å²) in [6, 6.07) is 17.4. The van der Waals surface area contributed by atoms with Crippen LogP contribution in [0.2, 0.25) is 0 Å². The summed E-state index contributed by atoms with van der Waals surface area (Å²) in [6.07, 6.45) is 3.19. The average Bonchev–Trinajstić information content (AvgIpc) is 3.56. The lowest BCUT2D eigenvalue weighted by Crippen LogP contribution is -2.40. The van der Waals surface area contributed by atoms with Crippen molar-refractivity contribution >= 4 is 26.8 Å². The highest BCUT2D eigenvalue weighted by atomic mass is 32.2. The summed E-state index contributed by atoms with van der Waals surface area (Å²) >= 11 is 0. The number of furan rings is 1. The van der Waals surface area contributed by atoms with Crippen molar-refractivity contribution in [3.05, 3.63) is 83.8 Å². The first-order valence-corrected chi connectivity index (χ1v) is 13.0. The smallest absolute Gasteiger partial charge is 0.277 e. The highest BCUT2D eigenvalue weighted by Gasteiger charge is 2.40. The molecule has 0 N–H and O–H groups in total. The quantitative estimate of drug-likeness (QED) is 0.357. The summed E-state index contributed by atoms with van der Waals surface area (Å²) in [4.78, 5) is 17.4. The lowest BCUT2D eigenvalue weighted by Gasteiger charge is -2.21. The second-order valence-corrected chi connectivity index (χ2v) is 10.5. The van der Waals surface area contributed by atoms with Crippen molar-refractivity contribution in [2.75, 3.05) is 6.54 Å². The van der Waals surface area contributed by atoms with E-state index in [1.165, 1.54) is 22.5 Å². The molecule has 3 heterocycles. The van der Waals surface area contributed by atoms with Crippen LogP contribution in [0.15, 0.2) is 76.4 Å². The molecular weight excluding hydrogens is 481 g/mol. The summed E-state index contributed by atoms with van der Waals surface area (Å²) in [7, 11) is -3.95. The summed E-state index contributed by atoms with van der Waals surface area (Å²) < 4.78 is 47.4. The fraction of sp³-hybridized carbons (Fsp3) is 0.222. The number of carbonyl (C=O) groups excluding carboxylic acids is 1. The predicted octanol–water partition coefficient (Wildman–Crippen LogP) is 4.86. The lowest BCUT2D eigenvalue weighted by molar-refractivity contribution is -0.122. The van der Waals surface area contributed by atoms with E-state index >= 15 is 0 Å². The van der Waals surface area contributed by atoms with Crippen molar-refractivity contribution in [1.29, 1.82) is 5.26 Å². The monoisotopic (exact) mass is 503 g/mol. The maximum absolute atomic E-state index is 14.0. The molecule has 182 valence electrons. The summed E-state index contributed by atoms with van der Waals surface area (Å²) in [6.45, 7) is 0.263. The zero-order valence-corrected chi connectivity index (χ0v) is 20.0. The zero-order valence-electron chi connectivity index (χ0n) is 19.2. The van der Waals surface area contributed by atoms with Gasteiger partial charge in [-0.3, -0.25) is 9.78 Å². The normalized spacial score (nSPS) is 16.3. The first kappa shape index (κ1) is 23.9. The number of hydrogen-bond donors (Lipinski definition) is 0. The molecule has 2 aromatic heterocycles. The molecule has 7 nitrogen and oxygen atoms in total. The number of carbonyl (C=O) groups is 1. The minimum atomic E-state index is -3.95. The third kappa shape index (κ3) is 4.53. The molecule has 1 atom stereocenters. The molecular formula is C27H22FN3O4S. The molecule has 0 radical (unpaired) electrons. The van der Waals surface area contributed by atoms with Gasteiger partial charge in [0.1, 0.15) is 17.5 Å². The molecule has 2 aromatic carbocycles. The van der Waals surface area contributed by atoms with Crippen LogP contribution in [0.4, 0.5) is 4.39 Å². The largest absolute Gasteiger partial charge is 0.443 e. The molecule has 1 aliphatic heterocycles. The standard InChI is InChI=1S/C27H22FN3O4S/c28-22-15-19(8-9-21(22)17-29)23-14-18(11-12-30-23)7-10-25(32)24-5-3-13-31(24)36(33,34)27-16-20-4-1-2-6-26(20)35-27/h1-2,4,6,8-9,11-12,14-16,24H,3,5,7,10,13H2. The van der Waals surface area contributed by atoms with Gasteiger partial charge in [-0.1, -0.05) is 24.3 Å². The first-order chi connectivity index (χ1) is 17.4. The molecule has 0 bridgehead atoms. The van der Waals surface area contributed by atoms with E-state index in [4.69, 9.17) is 9.68 Å². The second kappa shape index (κ2) is 9.64. The minimum absolute atomic E-state index is 0.0424. The fourth-order valence-corrected chi connectivity index (χ4v) is 6.17. The SMILES string of the molecule is N#Cc1ccc(-c2cc(CCC(=O)C3CCCN3S(=O)(=O)c3cc4ccccc4o3)ccn2)cc1F. The van der Waals surface area contributed by atoms with Crippen molar-refractivity contribution in [3.8, 4) is 17.3 Å². The summed E-state index contributed by atoms with van der Waals surface area (Å²) in [5, 5.41) is 9.45. The maximum Gasteiger partial charge on any atom is 0.277 e. The second-order valence-electron chi connectivity index (χ2n) is 8.70. The third-order valence-electron chi connectivity index (χ3n) is 6.41. The molecule has 4 aromatic rings. The summed E-state index contributed by atoms with van der Waals surface area (Å²) in [5.41, 5.74) is 2.31. The third-order valence-corrected chi connectivity index (χ3v) is 8.18. The Labute approximate surface area is 207 Å². The van der Waals surface area contributed by atoms with Gasteiger partial charge in [0.25, 0.3) is 10.0 Å². The van der Waals surface area contributed by atoms with Crippen molar-refractivity contribution < 1.29 is 22.0 Å². The average molecular weight is 504 g/mol. The fourth-order valence-electron chi connectivity index (χ4n) is 4.54. The van der Waals surface area contributed by atoms with E-state index in [2.05, 4.69) is 4.98 Å². The lowest BCUT2D eigenvalue weighted by atomic mass is 10.0. The van der Waals surface area contributed by atoms with Gasteiger partial charge in [-0.05, 0) is 55.2 Å². The van der Waals surface area contributed by atoms with Crippen molar-refractivity contribution in [3.63, 3.8) is 0 Å². The van der Waals surface area contributed by atoms with Gasteiger partial charge in [-0.2, -0.15) is 9.57 Å². The number of fused-ring (bicyclic) bond motifs is 1. The van der Waals surface area contributed by atoms with Crippen LogP contribution in [0.1, 0.15) is 30.4 Å². The number of nitriles is 1. The van der Waals surface area contributed by atoms with E-state index < -0.39 is 21.9 Å². The van der Waals surface area contributed by atoms with Gasteiger partial charge in [-0.25, -0.2) is 12.8 Å². The highest BCUT2D eigenvalue weighted by Crippen LogP contribution is 2.31. The van der Waals surface area contributed by atoms with Crippen LogP contribution in [-0.4, -0.2) is 36.1 Å². The topological polar surface area (TPSA) is 104 Å². The molecule has 36 heavy (non-hydrogen) atoms. The van der Waals surface area contributed by atoms with Gasteiger partial charge in [0.2, 0.25) is 5.09 Å². The number of halogens is 1. The Morgan fingerprint density at radius 1 is 1.17 bits per heavy atom. The van der Waals surface area contributed by atoms with E-state index in [1.54, 1.807) is 54.7 Å². The number of aromatic nitrogens is 1. The number of rotatable bonds is 7. The first-order valence-electron chi connectivity index (χ1n) is 11.5. The number of Topliss-reactive ketones (excluding diaryl/α,β-unsaturated/α-hetero) is 1. The number of hydrogen-bond acceptors (Lipinski definition) is 6. The number of benzene rings is 2. The minimum Gasteiger partial charge on any atom is -0.443 e. The molecule has 1 saturated heterocycles. The van der Waals surface area contributed by atoms with Crippen molar-refractivity contribution in [1.82, 2.24) is 9.29 Å². The van der Waals surface area contributed by atoms with Crippen LogP contribution in [-0.2, 0) is 21.2 Å². The van der Waals surface area contributed by atoms with Gasteiger partial charge < -0.3 is 4.42 Å². The number of pyridine rings is 1. The van der Waals surface area contributed by atoms with Crippen LogP contribution < -0.4 is 0 Å². The Morgan fingerprint density at radius 3 is 2.78 bits per heavy atom. The molecule has 1 unspecified atom stereocenters. The molecule has 0 aliphatic carbocycles. The van der Waals surface area contributed by atoms with Gasteiger partial charge >= 0.3 is 0 Å². The molecule has 5 rings (SSSR count). The Morgan fingerprint density at radius 2 is 2.00 bits per heavy atom. The van der Waals surface area contributed by atoms with E-state index in [0.717, 1.165) is 5.56 Å². The van der Waals surface area contributed by atoms with Crippen LogP contribution in [0, 0.1) is 17.1 Å². The molecule has 0 spiro atoms. The summed E-state index contributed by atoms with van der Waals surface area (Å²) in [5.74, 6) is -0.778. The Kier molecular flexibility index (Phi) is 6.39. The molecule has 0 saturated carbocycles. The van der Waals surface area contributed by atoms with Crippen LogP contribution in [0.3, 0.4) is 0 Å². The molecule has 0 amide bonds. The molecule has 9 heteroatoms. The van der Waals surface area contributed by atoms with E-state index in [9.17, 15) is 17.6 Å². The molecule has 1 aliphatic rings. The highest BCUT2D eigenvalue weighted by molar-refractivity contribution is 7.89. The number of para-hydroxylation sites is 1. The number of aryl methyl sites for hydroxylation is 1. The maximum atomic E-state index is 14.0. The van der Waals surface area contributed by atoms with E-state index in [1.807, 2.05) is 0 Å². The van der Waals surface area contributed by atoms with Gasteiger partial charge in [0, 0.05) is 36.2 Å². The van der Waals surface area contributed by atoms with Gasteiger partial charge in [0.05, 0.1) is 17.3 Å². The van der Waals surface area contributed by atoms with Crippen LogP contribution in [0.5, 0.6) is 0 Å². The van der Waals surface area contributed by atoms with Gasteiger partial charge in [-0.15, -0.1) is 0 Å². The molecule has 1 fully saturated rings. The van der Waals surface area contributed by atoms with Crippen LogP contribution in [0.25, 0.3) is 22.2 Å². The Bertz CT molecular complexity index is 1570. The Balaban J connectivity index is 1.30. The van der Waals surface area contributed by atoms with Gasteiger partial charge in [0.15, 0.2) is 5.78 Å². The zero-order chi connectivity index (χ0) is 25.3. The van der Waals surface area contributed by atoms with Crippen LogP contribution >= 0.6 is 0 Å². The van der Waals surface area contributed by atoms with E-state index in [-0.39, 0.29) is 29.4 Å². The number of nitrogens with zero attached hydrogens (tertiary/aromatic N) is 3. The number of sulfonamides is 1. The number of ketones is 1. The predicted molar refractivity (Wildman–Crippen MR) is 131 cm³/mol. The van der Waals surface area contributed by atoms with Crippen molar-refractivity contribution in [2.45, 2.75) is 36.8 Å². The Hall–Kier alpha value is -3.87. The van der Waals surface area contributed by atoms with E-state index in [0.29, 0.717) is 41.5 Å².